The van der Waals surface area contributed by atoms with Crippen LogP contribution in [0.5, 0.6) is 0 Å². The van der Waals surface area contributed by atoms with Crippen LogP contribution in [0.3, 0.4) is 0 Å². The molecular weight excluding hydrogens is 234 g/mol. The lowest BCUT2D eigenvalue weighted by molar-refractivity contribution is 0.776. The highest BCUT2D eigenvalue weighted by atomic mass is 79.9. The summed E-state index contributed by atoms with van der Waals surface area (Å²) in [6, 6.07) is 8.39. The van der Waals surface area contributed by atoms with Gasteiger partial charge in [-0.25, -0.2) is 0 Å². The van der Waals surface area contributed by atoms with Crippen molar-refractivity contribution in [3.05, 3.63) is 34.3 Å². The molecule has 0 saturated carbocycles. The number of thiol groups is 1. The molecule has 0 aromatic heterocycles. The summed E-state index contributed by atoms with van der Waals surface area (Å²) in [5, 5.41) is 3.16. The van der Waals surface area contributed by atoms with Crippen LogP contribution in [0.2, 0.25) is 0 Å². The van der Waals surface area contributed by atoms with E-state index in [1.54, 1.807) is 0 Å². The van der Waals surface area contributed by atoms with Crippen LogP contribution in [0.25, 0.3) is 0 Å². The van der Waals surface area contributed by atoms with Crippen LogP contribution in [0, 0.1) is 0 Å². The van der Waals surface area contributed by atoms with Gasteiger partial charge >= 0.3 is 0 Å². The molecule has 1 aromatic carbocycles. The van der Waals surface area contributed by atoms with Crippen molar-refractivity contribution in [1.82, 2.24) is 5.32 Å². The number of rotatable bonds is 4. The van der Waals surface area contributed by atoms with Gasteiger partial charge in [0.25, 0.3) is 0 Å². The molecule has 66 valence electrons. The number of benzene rings is 1. The molecule has 1 N–H and O–H groups in total. The van der Waals surface area contributed by atoms with Crippen LogP contribution >= 0.6 is 28.6 Å². The Morgan fingerprint density at radius 2 is 1.92 bits per heavy atom. The fraction of sp³-hybridized carbons (Fsp3) is 0.333. The SMILES string of the molecule is SCNCCc1ccc(Br)cc1. The molecule has 12 heavy (non-hydrogen) atoms. The molecule has 1 nitrogen and oxygen atoms in total. The third-order valence-corrected chi connectivity index (χ3v) is 2.37. The van der Waals surface area contributed by atoms with E-state index in [1.165, 1.54) is 5.56 Å². The molecule has 0 spiro atoms. The standard InChI is InChI=1S/C9H12BrNS/c10-9-3-1-8(2-4-9)5-6-11-7-12/h1-4,11-12H,5-7H2. The fourth-order valence-electron chi connectivity index (χ4n) is 0.963. The Bertz CT molecular complexity index is 222. The summed E-state index contributed by atoms with van der Waals surface area (Å²) in [5.41, 5.74) is 1.35. The second kappa shape index (κ2) is 5.62. The summed E-state index contributed by atoms with van der Waals surface area (Å²) < 4.78 is 1.13. The molecule has 0 radical (unpaired) electrons. The zero-order valence-corrected chi connectivity index (χ0v) is 9.24. The molecular formula is C9H12BrNS. The molecule has 0 aliphatic carbocycles. The van der Waals surface area contributed by atoms with Crippen LogP contribution in [-0.2, 0) is 6.42 Å². The van der Waals surface area contributed by atoms with E-state index >= 15 is 0 Å². The molecule has 1 aromatic rings. The smallest absolute Gasteiger partial charge is 0.0387 e. The zero-order chi connectivity index (χ0) is 8.81. The Labute approximate surface area is 87.1 Å². The largest absolute Gasteiger partial charge is 0.308 e. The number of halogens is 1. The van der Waals surface area contributed by atoms with Crippen molar-refractivity contribution >= 4 is 28.6 Å². The van der Waals surface area contributed by atoms with Crippen LogP contribution in [0.1, 0.15) is 5.56 Å². The summed E-state index contributed by atoms with van der Waals surface area (Å²) in [6.45, 7) is 0.991. The Morgan fingerprint density at radius 1 is 1.25 bits per heavy atom. The van der Waals surface area contributed by atoms with Gasteiger partial charge in [0, 0.05) is 10.3 Å². The predicted molar refractivity (Wildman–Crippen MR) is 59.7 cm³/mol. The van der Waals surface area contributed by atoms with Gasteiger partial charge in [-0.05, 0) is 30.7 Å². The Kier molecular flexibility index (Phi) is 4.73. The minimum absolute atomic E-state index is 0.747. The molecule has 0 amide bonds. The van der Waals surface area contributed by atoms with Crippen molar-refractivity contribution in [2.24, 2.45) is 0 Å². The Morgan fingerprint density at radius 3 is 2.50 bits per heavy atom. The first-order valence-electron chi connectivity index (χ1n) is 3.89. The van der Waals surface area contributed by atoms with Gasteiger partial charge in [0.1, 0.15) is 0 Å². The minimum Gasteiger partial charge on any atom is -0.308 e. The van der Waals surface area contributed by atoms with Crippen molar-refractivity contribution in [2.45, 2.75) is 6.42 Å². The summed E-state index contributed by atoms with van der Waals surface area (Å²) in [6.07, 6.45) is 1.06. The molecule has 0 saturated heterocycles. The number of hydrogen-bond donors (Lipinski definition) is 2. The van der Waals surface area contributed by atoms with Gasteiger partial charge in [0.05, 0.1) is 0 Å². The maximum absolute atomic E-state index is 4.06. The summed E-state index contributed by atoms with van der Waals surface area (Å²) in [5.74, 6) is 0.747. The summed E-state index contributed by atoms with van der Waals surface area (Å²) in [7, 11) is 0. The second-order valence-electron chi connectivity index (χ2n) is 2.53. The monoisotopic (exact) mass is 245 g/mol. The lowest BCUT2D eigenvalue weighted by Gasteiger charge is -2.01. The summed E-state index contributed by atoms with van der Waals surface area (Å²) >= 11 is 7.46. The molecule has 0 fully saturated rings. The van der Waals surface area contributed by atoms with Crippen molar-refractivity contribution < 1.29 is 0 Å². The van der Waals surface area contributed by atoms with Crippen molar-refractivity contribution in [1.29, 1.82) is 0 Å². The van der Waals surface area contributed by atoms with E-state index in [1.807, 2.05) is 0 Å². The van der Waals surface area contributed by atoms with Crippen LogP contribution in [-0.4, -0.2) is 12.4 Å². The second-order valence-corrected chi connectivity index (χ2v) is 3.77. The highest BCUT2D eigenvalue weighted by Gasteiger charge is 1.91. The first-order chi connectivity index (χ1) is 5.83. The van der Waals surface area contributed by atoms with E-state index in [2.05, 4.69) is 58.1 Å². The zero-order valence-electron chi connectivity index (χ0n) is 6.76. The Hall–Kier alpha value is 0.01000. The van der Waals surface area contributed by atoms with Crippen molar-refractivity contribution in [3.63, 3.8) is 0 Å². The van der Waals surface area contributed by atoms with Gasteiger partial charge in [-0.2, -0.15) is 12.6 Å². The quantitative estimate of drug-likeness (QED) is 0.472. The van der Waals surface area contributed by atoms with Gasteiger partial charge < -0.3 is 5.32 Å². The maximum Gasteiger partial charge on any atom is 0.0387 e. The molecule has 0 bridgehead atoms. The fourth-order valence-corrected chi connectivity index (χ4v) is 1.39. The van der Waals surface area contributed by atoms with Crippen molar-refractivity contribution in [2.75, 3.05) is 12.4 Å². The topological polar surface area (TPSA) is 12.0 Å². The molecule has 1 rings (SSSR count). The first-order valence-corrected chi connectivity index (χ1v) is 5.31. The predicted octanol–water partition coefficient (Wildman–Crippen LogP) is 2.47. The van der Waals surface area contributed by atoms with E-state index in [0.717, 1.165) is 23.3 Å². The molecule has 0 heterocycles. The van der Waals surface area contributed by atoms with Gasteiger partial charge in [0.15, 0.2) is 0 Å². The van der Waals surface area contributed by atoms with Gasteiger partial charge in [-0.3, -0.25) is 0 Å². The van der Waals surface area contributed by atoms with Gasteiger partial charge in [-0.15, -0.1) is 0 Å². The average molecular weight is 246 g/mol. The highest BCUT2D eigenvalue weighted by molar-refractivity contribution is 9.10. The van der Waals surface area contributed by atoms with E-state index in [9.17, 15) is 0 Å². The maximum atomic E-state index is 4.06. The summed E-state index contributed by atoms with van der Waals surface area (Å²) in [4.78, 5) is 0. The third kappa shape index (κ3) is 3.61. The lowest BCUT2D eigenvalue weighted by atomic mass is 10.1. The Balaban J connectivity index is 2.37. The molecule has 0 aliphatic heterocycles. The van der Waals surface area contributed by atoms with Gasteiger partial charge in [0.2, 0.25) is 0 Å². The average Bonchev–Trinajstić information content (AvgIpc) is 2.09. The van der Waals surface area contributed by atoms with Gasteiger partial charge in [-0.1, -0.05) is 28.1 Å². The first kappa shape index (κ1) is 10.1. The molecule has 0 unspecified atom stereocenters. The molecule has 0 atom stereocenters. The van der Waals surface area contributed by atoms with E-state index in [0.29, 0.717) is 0 Å². The van der Waals surface area contributed by atoms with E-state index in [4.69, 9.17) is 0 Å². The molecule has 3 heteroatoms. The van der Waals surface area contributed by atoms with Crippen LogP contribution in [0.4, 0.5) is 0 Å². The number of nitrogens with one attached hydrogen (secondary N) is 1. The normalized spacial score (nSPS) is 10.2. The number of hydrogen-bond acceptors (Lipinski definition) is 2. The third-order valence-electron chi connectivity index (χ3n) is 1.62. The highest BCUT2D eigenvalue weighted by Crippen LogP contribution is 2.10. The van der Waals surface area contributed by atoms with Crippen LogP contribution < -0.4 is 5.32 Å². The van der Waals surface area contributed by atoms with Crippen LogP contribution in [0.15, 0.2) is 28.7 Å². The minimum atomic E-state index is 0.747. The van der Waals surface area contributed by atoms with Crippen molar-refractivity contribution in [3.8, 4) is 0 Å². The van der Waals surface area contributed by atoms with E-state index in [-0.39, 0.29) is 0 Å². The van der Waals surface area contributed by atoms with E-state index < -0.39 is 0 Å². The molecule has 0 aliphatic rings. The lowest BCUT2D eigenvalue weighted by Crippen LogP contribution is -2.14.